The van der Waals surface area contributed by atoms with Crippen LogP contribution >= 0.6 is 0 Å². The number of aryl methyl sites for hydroxylation is 1. The molecule has 0 unspecified atom stereocenters. The Hall–Kier alpha value is -2.34. The Kier molecular flexibility index (Phi) is 5.85. The van der Waals surface area contributed by atoms with Gasteiger partial charge >= 0.3 is 0 Å². The van der Waals surface area contributed by atoms with Gasteiger partial charge in [0.05, 0.1) is 11.4 Å². The predicted molar refractivity (Wildman–Crippen MR) is 104 cm³/mol. The number of hydrogen-bond acceptors (Lipinski definition) is 3. The maximum absolute atomic E-state index is 11.7. The van der Waals surface area contributed by atoms with E-state index in [-0.39, 0.29) is 0 Å². The van der Waals surface area contributed by atoms with Crippen molar-refractivity contribution in [2.75, 3.05) is 11.6 Å². The van der Waals surface area contributed by atoms with Crippen LogP contribution in [0.5, 0.6) is 0 Å². The van der Waals surface area contributed by atoms with Gasteiger partial charge in [0.1, 0.15) is 0 Å². The van der Waals surface area contributed by atoms with Gasteiger partial charge in [0.2, 0.25) is 0 Å². The molecule has 0 atom stereocenters. The number of anilines is 1. The second-order valence-electron chi connectivity index (χ2n) is 6.48. The third kappa shape index (κ3) is 5.32. The molecule has 0 radical (unpaired) electrons. The molecule has 0 amide bonds. The van der Waals surface area contributed by atoms with Gasteiger partial charge in [-0.25, -0.2) is 13.4 Å². The summed E-state index contributed by atoms with van der Waals surface area (Å²) in [4.78, 5) is 4.68. The molecule has 6 heteroatoms. The standard InChI is InChI=1S/C19H25N3O2S/c1-13(2)16-6-5-7-17(11-16)22-19(20)21-12-15-8-9-18(14(3)10-15)25(4,23)24/h5-11,13H,12H2,1-4H3,(H3,20,21,22). The van der Waals surface area contributed by atoms with E-state index in [4.69, 9.17) is 5.73 Å². The van der Waals surface area contributed by atoms with Crippen LogP contribution in [-0.4, -0.2) is 20.6 Å². The molecule has 0 spiro atoms. The van der Waals surface area contributed by atoms with Gasteiger partial charge in [-0.2, -0.15) is 0 Å². The van der Waals surface area contributed by atoms with Crippen LogP contribution in [0.15, 0.2) is 52.4 Å². The molecule has 2 aromatic rings. The van der Waals surface area contributed by atoms with Crippen molar-refractivity contribution in [2.24, 2.45) is 10.7 Å². The lowest BCUT2D eigenvalue weighted by Gasteiger charge is -2.10. The van der Waals surface area contributed by atoms with Gasteiger partial charge in [0.25, 0.3) is 0 Å². The molecule has 25 heavy (non-hydrogen) atoms. The summed E-state index contributed by atoms with van der Waals surface area (Å²) in [6.07, 6.45) is 1.21. The van der Waals surface area contributed by atoms with Gasteiger partial charge in [-0.05, 0) is 47.7 Å². The number of benzene rings is 2. The summed E-state index contributed by atoms with van der Waals surface area (Å²) in [6, 6.07) is 13.3. The summed E-state index contributed by atoms with van der Waals surface area (Å²) in [5.41, 5.74) is 9.71. The SMILES string of the molecule is Cc1cc(CN=C(N)Nc2cccc(C(C)C)c2)ccc1S(C)(=O)=O. The van der Waals surface area contributed by atoms with Crippen LogP contribution in [0.2, 0.25) is 0 Å². The summed E-state index contributed by atoms with van der Waals surface area (Å²) in [7, 11) is -3.21. The molecule has 3 N–H and O–H groups in total. The van der Waals surface area contributed by atoms with E-state index in [9.17, 15) is 8.42 Å². The molecule has 0 fully saturated rings. The summed E-state index contributed by atoms with van der Waals surface area (Å²) in [5.74, 6) is 0.766. The predicted octanol–water partition coefficient (Wildman–Crippen LogP) is 3.45. The van der Waals surface area contributed by atoms with E-state index in [2.05, 4.69) is 36.3 Å². The van der Waals surface area contributed by atoms with Crippen molar-refractivity contribution in [1.82, 2.24) is 0 Å². The number of guanidine groups is 1. The molecular formula is C19H25N3O2S. The number of rotatable bonds is 5. The highest BCUT2D eigenvalue weighted by molar-refractivity contribution is 7.90. The summed E-state index contributed by atoms with van der Waals surface area (Å²) in [5, 5.41) is 3.09. The number of aliphatic imine (C=N–C) groups is 1. The van der Waals surface area contributed by atoms with Crippen LogP contribution in [0, 0.1) is 6.92 Å². The molecule has 0 aromatic heterocycles. The molecule has 134 valence electrons. The quantitative estimate of drug-likeness (QED) is 0.632. The van der Waals surface area contributed by atoms with Gasteiger partial charge in [0, 0.05) is 11.9 Å². The number of nitrogens with two attached hydrogens (primary N) is 1. The molecule has 0 bridgehead atoms. The molecule has 0 aliphatic heterocycles. The smallest absolute Gasteiger partial charge is 0.193 e. The first-order chi connectivity index (χ1) is 11.7. The average molecular weight is 359 g/mol. The third-order valence-electron chi connectivity index (χ3n) is 3.90. The fourth-order valence-electron chi connectivity index (χ4n) is 2.57. The van der Waals surface area contributed by atoms with Gasteiger partial charge in [-0.3, -0.25) is 0 Å². The minimum Gasteiger partial charge on any atom is -0.370 e. The molecular weight excluding hydrogens is 334 g/mol. The zero-order chi connectivity index (χ0) is 18.6. The third-order valence-corrected chi connectivity index (χ3v) is 5.15. The van der Waals surface area contributed by atoms with Crippen molar-refractivity contribution >= 4 is 21.5 Å². The fraction of sp³-hybridized carbons (Fsp3) is 0.316. The Morgan fingerprint density at radius 3 is 2.52 bits per heavy atom. The van der Waals surface area contributed by atoms with Gasteiger partial charge in [-0.15, -0.1) is 0 Å². The van der Waals surface area contributed by atoms with Crippen molar-refractivity contribution in [2.45, 2.75) is 38.1 Å². The number of nitrogens with zero attached hydrogens (tertiary/aromatic N) is 1. The maximum atomic E-state index is 11.7. The zero-order valence-electron chi connectivity index (χ0n) is 15.1. The first kappa shape index (κ1) is 19.0. The number of nitrogens with one attached hydrogen (secondary N) is 1. The lowest BCUT2D eigenvalue weighted by Crippen LogP contribution is -2.22. The van der Waals surface area contributed by atoms with Gasteiger partial charge < -0.3 is 11.1 Å². The average Bonchev–Trinajstić information content (AvgIpc) is 2.52. The van der Waals surface area contributed by atoms with E-state index >= 15 is 0 Å². The normalized spacial score (nSPS) is 12.4. The highest BCUT2D eigenvalue weighted by Crippen LogP contribution is 2.19. The molecule has 0 saturated carbocycles. The molecule has 2 rings (SSSR count). The second kappa shape index (κ2) is 7.70. The van der Waals surface area contributed by atoms with Crippen LogP contribution in [0.25, 0.3) is 0 Å². The summed E-state index contributed by atoms with van der Waals surface area (Å²) in [6.45, 7) is 6.44. The van der Waals surface area contributed by atoms with E-state index in [0.717, 1.165) is 11.3 Å². The van der Waals surface area contributed by atoms with E-state index in [1.165, 1.54) is 11.8 Å². The van der Waals surface area contributed by atoms with Crippen molar-refractivity contribution < 1.29 is 8.42 Å². The maximum Gasteiger partial charge on any atom is 0.193 e. The Balaban J connectivity index is 2.09. The molecule has 5 nitrogen and oxygen atoms in total. The van der Waals surface area contributed by atoms with Crippen LogP contribution in [0.4, 0.5) is 5.69 Å². The lowest BCUT2D eigenvalue weighted by molar-refractivity contribution is 0.601. The van der Waals surface area contributed by atoms with Crippen molar-refractivity contribution in [3.8, 4) is 0 Å². The lowest BCUT2D eigenvalue weighted by atomic mass is 10.0. The molecule has 0 aliphatic carbocycles. The fourth-order valence-corrected chi connectivity index (χ4v) is 3.52. The van der Waals surface area contributed by atoms with E-state index in [0.29, 0.717) is 28.9 Å². The van der Waals surface area contributed by atoms with Crippen molar-refractivity contribution in [3.05, 3.63) is 59.2 Å². The van der Waals surface area contributed by atoms with Crippen LogP contribution < -0.4 is 11.1 Å². The van der Waals surface area contributed by atoms with Crippen LogP contribution in [0.3, 0.4) is 0 Å². The molecule has 2 aromatic carbocycles. The summed E-state index contributed by atoms with van der Waals surface area (Å²) < 4.78 is 23.3. The number of hydrogen-bond donors (Lipinski definition) is 2. The molecule has 0 heterocycles. The molecule has 0 saturated heterocycles. The Morgan fingerprint density at radius 1 is 1.20 bits per heavy atom. The Labute approximate surface area is 149 Å². The van der Waals surface area contributed by atoms with E-state index in [1.54, 1.807) is 19.1 Å². The van der Waals surface area contributed by atoms with Crippen LogP contribution in [-0.2, 0) is 16.4 Å². The van der Waals surface area contributed by atoms with Crippen molar-refractivity contribution in [3.63, 3.8) is 0 Å². The van der Waals surface area contributed by atoms with E-state index < -0.39 is 9.84 Å². The first-order valence-corrected chi connectivity index (χ1v) is 10.0. The number of sulfone groups is 1. The highest BCUT2D eigenvalue weighted by Gasteiger charge is 2.10. The summed E-state index contributed by atoms with van der Waals surface area (Å²) >= 11 is 0. The zero-order valence-corrected chi connectivity index (χ0v) is 15.9. The topological polar surface area (TPSA) is 84.5 Å². The van der Waals surface area contributed by atoms with Crippen LogP contribution in [0.1, 0.15) is 36.5 Å². The minimum absolute atomic E-state index is 0.325. The molecule has 0 aliphatic rings. The Bertz CT molecular complexity index is 887. The van der Waals surface area contributed by atoms with Crippen molar-refractivity contribution in [1.29, 1.82) is 0 Å². The minimum atomic E-state index is -3.21. The first-order valence-electron chi connectivity index (χ1n) is 8.13. The van der Waals surface area contributed by atoms with Gasteiger partial charge in [-0.1, -0.05) is 38.1 Å². The van der Waals surface area contributed by atoms with E-state index in [1.807, 2.05) is 18.2 Å². The van der Waals surface area contributed by atoms with Gasteiger partial charge in [0.15, 0.2) is 15.8 Å². The highest BCUT2D eigenvalue weighted by atomic mass is 32.2. The largest absolute Gasteiger partial charge is 0.370 e. The monoisotopic (exact) mass is 359 g/mol. The second-order valence-corrected chi connectivity index (χ2v) is 8.46. The Morgan fingerprint density at radius 2 is 1.92 bits per heavy atom.